The Morgan fingerprint density at radius 2 is 1.74 bits per heavy atom. The maximum absolute atomic E-state index is 14.3. The number of nitrogens with one attached hydrogen (secondary N) is 2. The topological polar surface area (TPSA) is 162 Å². The van der Waals surface area contributed by atoms with Gasteiger partial charge in [-0.1, -0.05) is 73.5 Å². The van der Waals surface area contributed by atoms with E-state index in [9.17, 15) is 23.1 Å². The van der Waals surface area contributed by atoms with Gasteiger partial charge in [-0.05, 0) is 41.7 Å². The zero-order valence-electron chi connectivity index (χ0n) is 25.6. The number of H-pyrrole nitrogens is 1. The highest BCUT2D eigenvalue weighted by Crippen LogP contribution is 2.43. The van der Waals surface area contributed by atoms with Gasteiger partial charge in [-0.15, -0.1) is 5.10 Å². The SMILES string of the molecule is O=C(O)C(F)(F)F.O=C(c1ncn([C@H]2CCCC[C@]2(O)CCc2nnn[nH]2)c1-c1ccccc1)N1CCNC[C@H]1Cc1ccccc1. The van der Waals surface area contributed by atoms with Crippen molar-refractivity contribution in [2.45, 2.75) is 68.8 Å². The summed E-state index contributed by atoms with van der Waals surface area (Å²) >= 11 is 0. The third-order valence-electron chi connectivity index (χ3n) is 8.69. The van der Waals surface area contributed by atoms with Gasteiger partial charge in [0.25, 0.3) is 5.91 Å². The fourth-order valence-corrected chi connectivity index (χ4v) is 6.38. The molecule has 0 bridgehead atoms. The Kier molecular flexibility index (Phi) is 10.7. The number of hydrogen-bond donors (Lipinski definition) is 4. The van der Waals surface area contributed by atoms with E-state index in [2.05, 4.69) is 42.6 Å². The predicted molar refractivity (Wildman–Crippen MR) is 164 cm³/mol. The lowest BCUT2D eigenvalue weighted by molar-refractivity contribution is -0.192. The summed E-state index contributed by atoms with van der Waals surface area (Å²) in [5, 5.41) is 36.8. The number of imidazole rings is 1. The van der Waals surface area contributed by atoms with Crippen molar-refractivity contribution in [1.29, 1.82) is 0 Å². The molecule has 47 heavy (non-hydrogen) atoms. The van der Waals surface area contributed by atoms with E-state index in [-0.39, 0.29) is 18.0 Å². The van der Waals surface area contributed by atoms with Crippen LogP contribution < -0.4 is 5.32 Å². The van der Waals surface area contributed by atoms with Gasteiger partial charge >= 0.3 is 12.1 Å². The third-order valence-corrected chi connectivity index (χ3v) is 8.69. The molecule has 1 saturated heterocycles. The number of alkyl halides is 3. The summed E-state index contributed by atoms with van der Waals surface area (Å²) in [5.41, 5.74) is 2.37. The van der Waals surface area contributed by atoms with Crippen LogP contribution in [0.4, 0.5) is 13.2 Å². The van der Waals surface area contributed by atoms with Crippen LogP contribution in [-0.4, -0.2) is 94.6 Å². The molecule has 1 aliphatic heterocycles. The lowest BCUT2D eigenvalue weighted by Gasteiger charge is -2.41. The molecule has 3 heterocycles. The Morgan fingerprint density at radius 1 is 1.04 bits per heavy atom. The van der Waals surface area contributed by atoms with E-state index in [0.717, 1.165) is 50.0 Å². The number of nitrogens with zero attached hydrogens (tertiary/aromatic N) is 6. The molecule has 6 rings (SSSR count). The first kappa shape index (κ1) is 33.7. The lowest BCUT2D eigenvalue weighted by atomic mass is 9.77. The number of benzene rings is 2. The molecular formula is C32H37F3N8O4. The number of carboxylic acids is 1. The van der Waals surface area contributed by atoms with E-state index in [0.29, 0.717) is 37.3 Å². The molecule has 2 aliphatic rings. The van der Waals surface area contributed by atoms with Crippen molar-refractivity contribution < 1.29 is 33.0 Å². The maximum atomic E-state index is 14.3. The van der Waals surface area contributed by atoms with Crippen LogP contribution in [0.2, 0.25) is 0 Å². The zero-order valence-corrected chi connectivity index (χ0v) is 25.6. The number of amides is 1. The summed E-state index contributed by atoms with van der Waals surface area (Å²) in [6.45, 7) is 2.11. The molecule has 15 heteroatoms. The standard InChI is InChI=1S/C30H36N8O2.C2HF3O2/c39-29(37-18-17-31-20-24(37)19-22-9-3-1-4-10-22)27-28(23-11-5-2-6-12-23)38(21-32-27)25-13-7-8-15-30(25,40)16-14-26-33-35-36-34-26;3-2(4,5)1(6)7/h1-6,9-12,21,24-25,31,40H,7-8,13-20H2,(H,33,34,35,36);(H,6,7)/t24-,25+,30+;/m1./s1. The van der Waals surface area contributed by atoms with Gasteiger partial charge in [0.05, 0.1) is 23.7 Å². The third kappa shape index (κ3) is 8.21. The summed E-state index contributed by atoms with van der Waals surface area (Å²) < 4.78 is 33.8. The van der Waals surface area contributed by atoms with Crippen LogP contribution in [0.1, 0.15) is 60.0 Å². The smallest absolute Gasteiger partial charge is 0.475 e. The molecule has 2 aromatic carbocycles. The van der Waals surface area contributed by atoms with Gasteiger partial charge in [-0.3, -0.25) is 4.79 Å². The molecule has 1 saturated carbocycles. The van der Waals surface area contributed by atoms with Crippen molar-refractivity contribution in [2.24, 2.45) is 0 Å². The molecule has 0 radical (unpaired) electrons. The number of hydrogen-bond acceptors (Lipinski definition) is 8. The van der Waals surface area contributed by atoms with E-state index in [4.69, 9.17) is 14.9 Å². The number of carbonyl (C=O) groups is 2. The molecule has 250 valence electrons. The van der Waals surface area contributed by atoms with E-state index in [1.54, 1.807) is 6.33 Å². The van der Waals surface area contributed by atoms with Gasteiger partial charge in [0.2, 0.25) is 0 Å². The minimum atomic E-state index is -5.08. The maximum Gasteiger partial charge on any atom is 0.490 e. The zero-order chi connectivity index (χ0) is 33.4. The lowest BCUT2D eigenvalue weighted by Crippen LogP contribution is -2.54. The highest BCUT2D eigenvalue weighted by molar-refractivity contribution is 5.98. The van der Waals surface area contributed by atoms with Crippen LogP contribution in [0.15, 0.2) is 67.0 Å². The van der Waals surface area contributed by atoms with E-state index in [1.165, 1.54) is 5.56 Å². The fourth-order valence-electron chi connectivity index (χ4n) is 6.38. The molecule has 4 aromatic rings. The Balaban J connectivity index is 0.000000559. The molecule has 1 amide bonds. The van der Waals surface area contributed by atoms with Gasteiger partial charge in [0.1, 0.15) is 5.82 Å². The van der Waals surface area contributed by atoms with Gasteiger partial charge in [-0.25, -0.2) is 14.9 Å². The molecule has 2 fully saturated rings. The van der Waals surface area contributed by atoms with Crippen LogP contribution in [0.25, 0.3) is 11.3 Å². The number of carboxylic acid groups (broad SMARTS) is 1. The normalized spacial score (nSPS) is 21.5. The summed E-state index contributed by atoms with van der Waals surface area (Å²) in [6.07, 6.45) is 1.95. The molecule has 0 unspecified atom stereocenters. The van der Waals surface area contributed by atoms with E-state index >= 15 is 0 Å². The second-order valence-corrected chi connectivity index (χ2v) is 11.8. The quantitative estimate of drug-likeness (QED) is 0.221. The molecule has 0 spiro atoms. The first-order valence-corrected chi connectivity index (χ1v) is 15.5. The number of rotatable bonds is 8. The molecular weight excluding hydrogens is 617 g/mol. The number of aromatic amines is 1. The highest BCUT2D eigenvalue weighted by Gasteiger charge is 2.42. The monoisotopic (exact) mass is 654 g/mol. The number of halogens is 3. The molecule has 1 aliphatic carbocycles. The minimum Gasteiger partial charge on any atom is -0.475 e. The number of aryl methyl sites for hydroxylation is 1. The van der Waals surface area contributed by atoms with Crippen molar-refractivity contribution in [3.8, 4) is 11.3 Å². The average Bonchev–Trinajstić information content (AvgIpc) is 3.76. The number of carbonyl (C=O) groups excluding carboxylic acids is 1. The van der Waals surface area contributed by atoms with Gasteiger partial charge in [0.15, 0.2) is 5.69 Å². The summed E-state index contributed by atoms with van der Waals surface area (Å²) in [5.74, 6) is -2.16. The Labute approximate surface area is 269 Å². The fraction of sp³-hybridized carbons (Fsp3) is 0.438. The molecule has 12 nitrogen and oxygen atoms in total. The summed E-state index contributed by atoms with van der Waals surface area (Å²) in [7, 11) is 0. The van der Waals surface area contributed by atoms with Crippen LogP contribution in [0.5, 0.6) is 0 Å². The number of aliphatic hydroxyl groups is 1. The number of tetrazole rings is 1. The predicted octanol–water partition coefficient (Wildman–Crippen LogP) is 3.83. The van der Waals surface area contributed by atoms with Crippen molar-refractivity contribution in [2.75, 3.05) is 19.6 Å². The Bertz CT molecular complexity index is 1600. The molecule has 3 atom stereocenters. The first-order valence-electron chi connectivity index (χ1n) is 15.5. The largest absolute Gasteiger partial charge is 0.490 e. The number of piperazine rings is 1. The summed E-state index contributed by atoms with van der Waals surface area (Å²) in [6, 6.07) is 20.1. The first-order chi connectivity index (χ1) is 22.6. The van der Waals surface area contributed by atoms with Crippen molar-refractivity contribution >= 4 is 11.9 Å². The number of aliphatic carboxylic acids is 1. The van der Waals surface area contributed by atoms with Gasteiger partial charge < -0.3 is 25.0 Å². The Hall–Kier alpha value is -4.63. The average molecular weight is 655 g/mol. The van der Waals surface area contributed by atoms with Gasteiger partial charge in [-0.2, -0.15) is 13.2 Å². The van der Waals surface area contributed by atoms with Crippen LogP contribution in [-0.2, 0) is 17.6 Å². The highest BCUT2D eigenvalue weighted by atomic mass is 19.4. The van der Waals surface area contributed by atoms with Crippen LogP contribution in [0, 0.1) is 0 Å². The second kappa shape index (κ2) is 14.9. The molecule has 2 aromatic heterocycles. The number of aromatic nitrogens is 6. The molecule has 4 N–H and O–H groups in total. The van der Waals surface area contributed by atoms with Crippen molar-refractivity contribution in [1.82, 2.24) is 40.4 Å². The van der Waals surface area contributed by atoms with Crippen molar-refractivity contribution in [3.63, 3.8) is 0 Å². The minimum absolute atomic E-state index is 0.0274. The van der Waals surface area contributed by atoms with E-state index < -0.39 is 17.7 Å². The summed E-state index contributed by atoms with van der Waals surface area (Å²) in [4.78, 5) is 29.9. The second-order valence-electron chi connectivity index (χ2n) is 11.8. The van der Waals surface area contributed by atoms with E-state index in [1.807, 2.05) is 53.4 Å². The van der Waals surface area contributed by atoms with Crippen LogP contribution in [0.3, 0.4) is 0 Å². The van der Waals surface area contributed by atoms with Crippen molar-refractivity contribution in [3.05, 3.63) is 84.1 Å². The van der Waals surface area contributed by atoms with Crippen LogP contribution >= 0.6 is 0 Å². The van der Waals surface area contributed by atoms with Gasteiger partial charge in [0, 0.05) is 37.7 Å². The Morgan fingerprint density at radius 3 is 2.40 bits per heavy atom.